The number of fused-ring (bicyclic) bond motifs is 1. The van der Waals surface area contributed by atoms with Crippen molar-refractivity contribution in [1.82, 2.24) is 0 Å². The van der Waals surface area contributed by atoms with E-state index in [0.29, 0.717) is 0 Å². The first-order valence-corrected chi connectivity index (χ1v) is 8.16. The Balaban J connectivity index is 1.72. The molecule has 0 bridgehead atoms. The molecule has 24 heavy (non-hydrogen) atoms. The molecule has 0 spiro atoms. The zero-order valence-corrected chi connectivity index (χ0v) is 14.4. The third kappa shape index (κ3) is 3.47. The molecular weight excluding hydrogens is 312 g/mol. The van der Waals surface area contributed by atoms with Crippen molar-refractivity contribution in [1.29, 1.82) is 0 Å². The molecule has 3 rings (SSSR count). The molecule has 0 aromatic heterocycles. The van der Waals surface area contributed by atoms with Crippen LogP contribution in [0.4, 0.5) is 0 Å². The fourth-order valence-electron chi connectivity index (χ4n) is 3.29. The van der Waals surface area contributed by atoms with Crippen LogP contribution in [0.2, 0.25) is 0 Å². The maximum atomic E-state index is 12.7. The topological polar surface area (TPSA) is 63.2 Å². The predicted octanol–water partition coefficient (Wildman–Crippen LogP) is 2.26. The van der Waals surface area contributed by atoms with Gasteiger partial charge < -0.3 is 23.7 Å². The fourth-order valence-corrected chi connectivity index (χ4v) is 3.29. The second kappa shape index (κ2) is 6.80. The van der Waals surface area contributed by atoms with Crippen LogP contribution in [-0.4, -0.2) is 43.5 Å². The monoisotopic (exact) mass is 336 g/mol. The minimum atomic E-state index is -0.794. The predicted molar refractivity (Wildman–Crippen MR) is 84.9 cm³/mol. The van der Waals surface area contributed by atoms with Crippen LogP contribution in [0.3, 0.4) is 0 Å². The molecule has 1 aromatic rings. The molecule has 6 nitrogen and oxygen atoms in total. The van der Waals surface area contributed by atoms with E-state index in [1.54, 1.807) is 7.11 Å². The van der Waals surface area contributed by atoms with E-state index in [4.69, 9.17) is 23.7 Å². The van der Waals surface area contributed by atoms with Crippen LogP contribution in [0.15, 0.2) is 30.3 Å². The van der Waals surface area contributed by atoms with E-state index in [9.17, 15) is 4.79 Å². The first-order chi connectivity index (χ1) is 11.4. The number of rotatable bonds is 4. The second-order valence-electron chi connectivity index (χ2n) is 6.63. The smallest absolute Gasteiger partial charge is 0.314 e. The summed E-state index contributed by atoms with van der Waals surface area (Å²) in [5.74, 6) is -1.71. The summed E-state index contributed by atoms with van der Waals surface area (Å²) in [7, 11) is 1.55. The average molecular weight is 336 g/mol. The van der Waals surface area contributed by atoms with E-state index >= 15 is 0 Å². The summed E-state index contributed by atoms with van der Waals surface area (Å²) >= 11 is 0. The Bertz CT molecular complexity index is 572. The van der Waals surface area contributed by atoms with Crippen molar-refractivity contribution in [3.05, 3.63) is 35.9 Å². The van der Waals surface area contributed by atoms with Gasteiger partial charge in [0.05, 0.1) is 6.10 Å². The zero-order chi connectivity index (χ0) is 17.3. The Morgan fingerprint density at radius 3 is 2.50 bits per heavy atom. The van der Waals surface area contributed by atoms with Gasteiger partial charge in [0.2, 0.25) is 0 Å². The zero-order valence-electron chi connectivity index (χ0n) is 14.4. The van der Waals surface area contributed by atoms with Crippen molar-refractivity contribution in [2.75, 3.05) is 7.11 Å². The summed E-state index contributed by atoms with van der Waals surface area (Å²) in [4.78, 5) is 12.7. The summed E-state index contributed by atoms with van der Waals surface area (Å²) in [5.41, 5.74) is 0.936. The highest BCUT2D eigenvalue weighted by atomic mass is 16.8. The van der Waals surface area contributed by atoms with Crippen LogP contribution >= 0.6 is 0 Å². The molecule has 0 saturated carbocycles. The molecule has 2 fully saturated rings. The van der Waals surface area contributed by atoms with Crippen LogP contribution < -0.4 is 0 Å². The van der Waals surface area contributed by atoms with Crippen molar-refractivity contribution < 1.29 is 28.5 Å². The van der Waals surface area contributed by atoms with Crippen LogP contribution in [0, 0.1) is 5.92 Å². The summed E-state index contributed by atoms with van der Waals surface area (Å²) in [6.45, 7) is 5.67. The molecule has 2 unspecified atom stereocenters. The molecule has 6 heteroatoms. The van der Waals surface area contributed by atoms with E-state index in [-0.39, 0.29) is 12.6 Å². The maximum absolute atomic E-state index is 12.7. The summed E-state index contributed by atoms with van der Waals surface area (Å²) in [6, 6.07) is 9.56. The van der Waals surface area contributed by atoms with Gasteiger partial charge in [-0.05, 0) is 26.3 Å². The van der Waals surface area contributed by atoms with Gasteiger partial charge in [-0.1, -0.05) is 30.3 Å². The molecule has 2 aliphatic heterocycles. The highest BCUT2D eigenvalue weighted by Gasteiger charge is 2.57. The van der Waals surface area contributed by atoms with Crippen molar-refractivity contribution in [3.63, 3.8) is 0 Å². The van der Waals surface area contributed by atoms with Crippen molar-refractivity contribution in [2.24, 2.45) is 5.92 Å². The molecule has 132 valence electrons. The Morgan fingerprint density at radius 1 is 1.17 bits per heavy atom. The molecular formula is C18H24O6. The molecule has 0 radical (unpaired) electrons. The van der Waals surface area contributed by atoms with Crippen molar-refractivity contribution in [3.8, 4) is 0 Å². The minimum Gasteiger partial charge on any atom is -0.460 e. The van der Waals surface area contributed by atoms with E-state index in [2.05, 4.69) is 0 Å². The number of ether oxygens (including phenoxy) is 5. The normalized spacial score (nSPS) is 34.6. The second-order valence-corrected chi connectivity index (χ2v) is 6.63. The Morgan fingerprint density at radius 2 is 1.83 bits per heavy atom. The van der Waals surface area contributed by atoms with Crippen molar-refractivity contribution >= 4 is 5.97 Å². The number of carbonyl (C=O) groups is 1. The third-order valence-corrected chi connectivity index (χ3v) is 4.37. The number of hydrogen-bond acceptors (Lipinski definition) is 6. The molecule has 5 atom stereocenters. The number of esters is 1. The maximum Gasteiger partial charge on any atom is 0.314 e. The quantitative estimate of drug-likeness (QED) is 0.786. The average Bonchev–Trinajstić information content (AvgIpc) is 2.87. The van der Waals surface area contributed by atoms with E-state index in [1.807, 2.05) is 51.1 Å². The molecule has 0 N–H and O–H groups in total. The van der Waals surface area contributed by atoms with Gasteiger partial charge in [-0.2, -0.15) is 0 Å². The summed E-state index contributed by atoms with van der Waals surface area (Å²) < 4.78 is 28.5. The van der Waals surface area contributed by atoms with Crippen molar-refractivity contribution in [2.45, 2.75) is 57.8 Å². The van der Waals surface area contributed by atoms with E-state index < -0.39 is 36.3 Å². The van der Waals surface area contributed by atoms with Gasteiger partial charge in [0.1, 0.15) is 24.7 Å². The lowest BCUT2D eigenvalue weighted by Crippen LogP contribution is -2.55. The lowest BCUT2D eigenvalue weighted by Gasteiger charge is -2.39. The SMILES string of the molecule is CO[C@H]1OC(C)[C@@H](C(=O)OCc2ccccc2)[C@@H]2OC(C)(C)OC12. The van der Waals surface area contributed by atoms with E-state index in [1.165, 1.54) is 0 Å². The molecule has 2 heterocycles. The number of carbonyl (C=O) groups excluding carboxylic acids is 1. The summed E-state index contributed by atoms with van der Waals surface area (Å²) in [5, 5.41) is 0. The molecule has 1 aromatic carbocycles. The minimum absolute atomic E-state index is 0.220. The van der Waals surface area contributed by atoms with Gasteiger partial charge in [0.15, 0.2) is 12.1 Å². The molecule has 2 saturated heterocycles. The highest BCUT2D eigenvalue weighted by Crippen LogP contribution is 2.40. The lowest BCUT2D eigenvalue weighted by molar-refractivity contribution is -0.253. The highest BCUT2D eigenvalue weighted by molar-refractivity contribution is 5.74. The van der Waals surface area contributed by atoms with Crippen LogP contribution in [-0.2, 0) is 35.1 Å². The molecule has 0 aliphatic carbocycles. The van der Waals surface area contributed by atoms with Gasteiger partial charge in [-0.15, -0.1) is 0 Å². The fraction of sp³-hybridized carbons (Fsp3) is 0.611. The summed E-state index contributed by atoms with van der Waals surface area (Å²) in [6.07, 6.45) is -1.88. The molecule has 0 amide bonds. The first-order valence-electron chi connectivity index (χ1n) is 8.16. The third-order valence-electron chi connectivity index (χ3n) is 4.37. The van der Waals surface area contributed by atoms with Gasteiger partial charge in [-0.25, -0.2) is 0 Å². The Kier molecular flexibility index (Phi) is 4.92. The first kappa shape index (κ1) is 17.4. The standard InChI is InChI=1S/C18H24O6/c1-11-13(16(19)21-10-12-8-6-5-7-9-12)14-15(17(20-4)22-11)24-18(2,3)23-14/h5-9,11,13-15,17H,10H2,1-4H3/t11?,13-,14+,15?,17+/m1/s1. The number of methoxy groups -OCH3 is 1. The van der Waals surface area contributed by atoms with Gasteiger partial charge in [0.25, 0.3) is 0 Å². The van der Waals surface area contributed by atoms with Gasteiger partial charge in [0, 0.05) is 7.11 Å². The van der Waals surface area contributed by atoms with Crippen LogP contribution in [0.25, 0.3) is 0 Å². The van der Waals surface area contributed by atoms with Crippen LogP contribution in [0.1, 0.15) is 26.3 Å². The van der Waals surface area contributed by atoms with Crippen LogP contribution in [0.5, 0.6) is 0 Å². The van der Waals surface area contributed by atoms with Gasteiger partial charge >= 0.3 is 5.97 Å². The lowest BCUT2D eigenvalue weighted by atomic mass is 9.90. The number of benzene rings is 1. The Hall–Kier alpha value is -1.47. The van der Waals surface area contributed by atoms with E-state index in [0.717, 1.165) is 5.56 Å². The number of hydrogen-bond donors (Lipinski definition) is 0. The largest absolute Gasteiger partial charge is 0.460 e. The van der Waals surface area contributed by atoms with Gasteiger partial charge in [-0.3, -0.25) is 4.79 Å². The Labute approximate surface area is 142 Å². The molecule has 2 aliphatic rings.